The minimum absolute atomic E-state index is 0.207. The van der Waals surface area contributed by atoms with Gasteiger partial charge >= 0.3 is 0 Å². The number of nitrogens with two attached hydrogens (primary N) is 1. The number of fused-ring (bicyclic) bond motifs is 1. The van der Waals surface area contributed by atoms with Crippen LogP contribution in [0.15, 0.2) is 18.5 Å². The monoisotopic (exact) mass is 275 g/mol. The van der Waals surface area contributed by atoms with Gasteiger partial charge in [0.05, 0.1) is 18.1 Å². The fourth-order valence-electron chi connectivity index (χ4n) is 2.52. The maximum atomic E-state index is 11.3. The first kappa shape index (κ1) is 12.7. The van der Waals surface area contributed by atoms with Crippen LogP contribution < -0.4 is 10.6 Å². The average molecular weight is 275 g/mol. The normalized spacial score (nSPS) is 16.8. The lowest BCUT2D eigenvalue weighted by Gasteiger charge is -2.33. The minimum Gasteiger partial charge on any atom is -0.428 e. The molecular formula is C13H17N5O2. The van der Waals surface area contributed by atoms with Gasteiger partial charge in [-0.15, -0.1) is 0 Å². The van der Waals surface area contributed by atoms with Crippen molar-refractivity contribution in [3.8, 4) is 0 Å². The fourth-order valence-corrected chi connectivity index (χ4v) is 2.52. The predicted octanol–water partition coefficient (Wildman–Crippen LogP) is 0.124. The molecule has 0 aliphatic carbocycles. The Hall–Kier alpha value is -2.28. The van der Waals surface area contributed by atoms with Crippen molar-refractivity contribution in [1.29, 1.82) is 0 Å². The third-order valence-corrected chi connectivity index (χ3v) is 3.75. The number of nitrogens with zero attached hydrogens (tertiary/aromatic N) is 4. The summed E-state index contributed by atoms with van der Waals surface area (Å²) in [6, 6.07) is 1.64. The van der Waals surface area contributed by atoms with Gasteiger partial charge in [-0.1, -0.05) is 0 Å². The van der Waals surface area contributed by atoms with Crippen molar-refractivity contribution in [2.24, 2.45) is 5.73 Å². The summed E-state index contributed by atoms with van der Waals surface area (Å²) in [5.41, 5.74) is 6.95. The molecule has 7 heteroatoms. The topological polar surface area (TPSA) is 87.6 Å². The van der Waals surface area contributed by atoms with Gasteiger partial charge in [-0.05, 0) is 13.1 Å². The molecular weight excluding hydrogens is 258 g/mol. The van der Waals surface area contributed by atoms with Crippen LogP contribution in [0.4, 0.5) is 5.69 Å². The zero-order valence-corrected chi connectivity index (χ0v) is 11.3. The van der Waals surface area contributed by atoms with E-state index in [-0.39, 0.29) is 5.69 Å². The summed E-state index contributed by atoms with van der Waals surface area (Å²) in [5, 5.41) is 10.7. The second-order valence-corrected chi connectivity index (χ2v) is 5.10. The molecule has 2 aromatic rings. The molecule has 1 amide bonds. The number of hydrogen-bond donors (Lipinski definition) is 2. The molecule has 0 unspecified atom stereocenters. The first-order valence-electron chi connectivity index (χ1n) is 6.50. The van der Waals surface area contributed by atoms with Gasteiger partial charge in [-0.2, -0.15) is 4.73 Å². The quantitative estimate of drug-likeness (QED) is 0.760. The van der Waals surface area contributed by atoms with Crippen molar-refractivity contribution in [2.45, 2.75) is 0 Å². The molecule has 0 atom stereocenters. The number of rotatable bonds is 2. The second kappa shape index (κ2) is 4.68. The van der Waals surface area contributed by atoms with Crippen LogP contribution >= 0.6 is 0 Å². The van der Waals surface area contributed by atoms with Crippen LogP contribution in [0.1, 0.15) is 10.5 Å². The molecule has 1 fully saturated rings. The predicted molar refractivity (Wildman–Crippen MR) is 75.1 cm³/mol. The van der Waals surface area contributed by atoms with Crippen molar-refractivity contribution < 1.29 is 10.0 Å². The van der Waals surface area contributed by atoms with Crippen molar-refractivity contribution in [1.82, 2.24) is 14.6 Å². The molecule has 1 aliphatic heterocycles. The molecule has 3 heterocycles. The molecule has 2 aromatic heterocycles. The highest BCUT2D eigenvalue weighted by atomic mass is 16.5. The first-order chi connectivity index (χ1) is 9.56. The molecule has 0 spiro atoms. The molecule has 106 valence electrons. The Labute approximate surface area is 116 Å². The summed E-state index contributed by atoms with van der Waals surface area (Å²) >= 11 is 0. The largest absolute Gasteiger partial charge is 0.428 e. The minimum atomic E-state index is -0.568. The van der Waals surface area contributed by atoms with Crippen molar-refractivity contribution in [3.63, 3.8) is 0 Å². The highest BCUT2D eigenvalue weighted by Crippen LogP contribution is 2.29. The number of hydrogen-bond acceptors (Lipinski definition) is 5. The number of carbonyl (C=O) groups excluding carboxylic acids is 1. The van der Waals surface area contributed by atoms with Gasteiger partial charge in [0.15, 0.2) is 0 Å². The summed E-state index contributed by atoms with van der Waals surface area (Å²) in [4.78, 5) is 19.7. The van der Waals surface area contributed by atoms with E-state index in [1.807, 2.05) is 0 Å². The fraction of sp³-hybridized carbons (Fsp3) is 0.385. The molecule has 7 nitrogen and oxygen atoms in total. The molecule has 20 heavy (non-hydrogen) atoms. The molecule has 1 aliphatic rings. The van der Waals surface area contributed by atoms with Crippen LogP contribution in [0.2, 0.25) is 0 Å². The lowest BCUT2D eigenvalue weighted by atomic mass is 10.2. The average Bonchev–Trinajstić information content (AvgIpc) is 2.76. The van der Waals surface area contributed by atoms with Crippen LogP contribution in [0.5, 0.6) is 0 Å². The zero-order chi connectivity index (χ0) is 14.3. The summed E-state index contributed by atoms with van der Waals surface area (Å²) in [5.74, 6) is -0.568. The molecule has 3 rings (SSSR count). The molecule has 0 radical (unpaired) electrons. The molecule has 0 aromatic carbocycles. The highest BCUT2D eigenvalue weighted by Gasteiger charge is 2.20. The Kier molecular flexibility index (Phi) is 2.98. The summed E-state index contributed by atoms with van der Waals surface area (Å²) in [6.07, 6.45) is 3.12. The number of likely N-dealkylation sites (N-methyl/N-ethyl adjacent to an activating group) is 1. The number of piperazine rings is 1. The number of pyridine rings is 1. The molecule has 0 saturated carbocycles. The number of aromatic nitrogens is 2. The van der Waals surface area contributed by atoms with Crippen LogP contribution in [0.25, 0.3) is 10.9 Å². The number of anilines is 1. The van der Waals surface area contributed by atoms with Gasteiger partial charge in [0.25, 0.3) is 5.91 Å². The Morgan fingerprint density at radius 1 is 1.35 bits per heavy atom. The van der Waals surface area contributed by atoms with E-state index in [9.17, 15) is 10.0 Å². The first-order valence-corrected chi connectivity index (χ1v) is 6.50. The van der Waals surface area contributed by atoms with Gasteiger partial charge in [0.1, 0.15) is 11.2 Å². The van der Waals surface area contributed by atoms with E-state index in [4.69, 9.17) is 5.73 Å². The molecule has 0 bridgehead atoms. The van der Waals surface area contributed by atoms with Crippen LogP contribution in [0, 0.1) is 0 Å². The third-order valence-electron chi connectivity index (χ3n) is 3.75. The van der Waals surface area contributed by atoms with Gasteiger partial charge in [-0.25, -0.2) is 4.98 Å². The maximum absolute atomic E-state index is 11.3. The van der Waals surface area contributed by atoms with Crippen molar-refractivity contribution in [3.05, 3.63) is 24.2 Å². The van der Waals surface area contributed by atoms with E-state index in [2.05, 4.69) is 21.8 Å². The van der Waals surface area contributed by atoms with E-state index >= 15 is 0 Å². The van der Waals surface area contributed by atoms with Gasteiger partial charge in [-0.3, -0.25) is 4.79 Å². The van der Waals surface area contributed by atoms with E-state index in [1.54, 1.807) is 12.3 Å². The van der Waals surface area contributed by atoms with Gasteiger partial charge in [0, 0.05) is 31.6 Å². The van der Waals surface area contributed by atoms with Gasteiger partial charge < -0.3 is 20.7 Å². The number of carbonyl (C=O) groups is 1. The van der Waals surface area contributed by atoms with Crippen molar-refractivity contribution >= 4 is 22.5 Å². The Morgan fingerprint density at radius 2 is 2.05 bits per heavy atom. The lowest BCUT2D eigenvalue weighted by Crippen LogP contribution is -2.44. The number of amides is 1. The van der Waals surface area contributed by atoms with Crippen LogP contribution in [-0.4, -0.2) is 59.0 Å². The SMILES string of the molecule is CN1CCN(c2cn(O)c3cnc(C(N)=O)cc23)CC1. The Balaban J connectivity index is 2.05. The molecule has 3 N–H and O–H groups in total. The lowest BCUT2D eigenvalue weighted by molar-refractivity contribution is 0.0995. The molecule has 1 saturated heterocycles. The van der Waals surface area contributed by atoms with Crippen molar-refractivity contribution in [2.75, 3.05) is 38.1 Å². The summed E-state index contributed by atoms with van der Waals surface area (Å²) in [6.45, 7) is 3.69. The Morgan fingerprint density at radius 3 is 2.70 bits per heavy atom. The third kappa shape index (κ3) is 2.05. The zero-order valence-electron chi connectivity index (χ0n) is 11.3. The van der Waals surface area contributed by atoms with Crippen LogP contribution in [0.3, 0.4) is 0 Å². The highest BCUT2D eigenvalue weighted by molar-refractivity contribution is 5.99. The van der Waals surface area contributed by atoms with Crippen LogP contribution in [-0.2, 0) is 0 Å². The van der Waals surface area contributed by atoms with E-state index < -0.39 is 5.91 Å². The standard InChI is InChI=1S/C13H17N5O2/c1-16-2-4-17(5-3-16)12-8-18(20)11-7-15-10(13(14)19)6-9(11)12/h6-8,20H,2-5H2,1H3,(H2,14,19). The van der Waals surface area contributed by atoms with E-state index in [0.717, 1.165) is 42.0 Å². The van der Waals surface area contributed by atoms with E-state index in [1.165, 1.54) is 6.20 Å². The summed E-state index contributed by atoms with van der Waals surface area (Å²) < 4.78 is 1.04. The van der Waals surface area contributed by atoms with Gasteiger partial charge in [0.2, 0.25) is 0 Å². The maximum Gasteiger partial charge on any atom is 0.267 e. The Bertz CT molecular complexity index is 658. The van der Waals surface area contributed by atoms with E-state index in [0.29, 0.717) is 5.52 Å². The second-order valence-electron chi connectivity index (χ2n) is 5.10. The number of primary amides is 1. The smallest absolute Gasteiger partial charge is 0.267 e. The summed E-state index contributed by atoms with van der Waals surface area (Å²) in [7, 11) is 2.09.